The lowest BCUT2D eigenvalue weighted by Gasteiger charge is -2.23. The summed E-state index contributed by atoms with van der Waals surface area (Å²) in [6.45, 7) is 11.1. The topological polar surface area (TPSA) is 15.3 Å². The van der Waals surface area contributed by atoms with Crippen molar-refractivity contribution in [2.45, 2.75) is 52.7 Å². The van der Waals surface area contributed by atoms with Gasteiger partial charge in [0.05, 0.1) is 0 Å². The monoisotopic (exact) mass is 338 g/mol. The fourth-order valence-corrected chi connectivity index (χ4v) is 2.99. The van der Waals surface area contributed by atoms with Crippen molar-refractivity contribution in [1.29, 1.82) is 0 Å². The minimum atomic E-state index is 0.718. The Kier molecular flexibility index (Phi) is 6.06. The molecule has 112 valence electrons. The van der Waals surface area contributed by atoms with Gasteiger partial charge in [-0.25, -0.2) is 0 Å². The molecule has 1 aliphatic rings. The Balaban J connectivity index is 1.93. The van der Waals surface area contributed by atoms with Crippen molar-refractivity contribution in [3.8, 4) is 0 Å². The summed E-state index contributed by atoms with van der Waals surface area (Å²) >= 11 is 3.74. The average molecular weight is 339 g/mol. The van der Waals surface area contributed by atoms with Crippen LogP contribution in [-0.2, 0) is 13.1 Å². The maximum Gasteiger partial charge on any atom is 0.0244 e. The van der Waals surface area contributed by atoms with E-state index < -0.39 is 0 Å². The third-order valence-corrected chi connectivity index (χ3v) is 4.49. The van der Waals surface area contributed by atoms with Crippen LogP contribution in [0.3, 0.4) is 0 Å². The number of nitrogens with one attached hydrogen (secondary N) is 1. The molecule has 1 aliphatic carbocycles. The van der Waals surface area contributed by atoms with E-state index in [1.165, 1.54) is 28.4 Å². The predicted octanol–water partition coefficient (Wildman–Crippen LogP) is 4.18. The van der Waals surface area contributed by atoms with E-state index >= 15 is 0 Å². The van der Waals surface area contributed by atoms with Crippen molar-refractivity contribution >= 4 is 15.9 Å². The molecule has 0 aromatic heterocycles. The van der Waals surface area contributed by atoms with Crippen molar-refractivity contribution in [2.75, 3.05) is 13.1 Å². The fourth-order valence-electron chi connectivity index (χ4n) is 2.44. The molecule has 0 amide bonds. The molecule has 0 spiro atoms. The Morgan fingerprint density at radius 3 is 2.65 bits per heavy atom. The van der Waals surface area contributed by atoms with Gasteiger partial charge >= 0.3 is 0 Å². The maximum absolute atomic E-state index is 3.74. The molecule has 1 aromatic rings. The van der Waals surface area contributed by atoms with Crippen LogP contribution in [0.15, 0.2) is 22.7 Å². The summed E-state index contributed by atoms with van der Waals surface area (Å²) in [7, 11) is 0. The first-order valence-corrected chi connectivity index (χ1v) is 8.60. The van der Waals surface area contributed by atoms with E-state index in [-0.39, 0.29) is 0 Å². The number of rotatable bonds is 8. The van der Waals surface area contributed by atoms with Gasteiger partial charge in [0.2, 0.25) is 0 Å². The quantitative estimate of drug-likeness (QED) is 0.764. The number of hydrogen-bond donors (Lipinski definition) is 1. The molecule has 0 saturated heterocycles. The van der Waals surface area contributed by atoms with Gasteiger partial charge in [0.1, 0.15) is 0 Å². The van der Waals surface area contributed by atoms with Gasteiger partial charge in [0.25, 0.3) is 0 Å². The summed E-state index contributed by atoms with van der Waals surface area (Å²) in [5, 5.41) is 3.57. The summed E-state index contributed by atoms with van der Waals surface area (Å²) in [6, 6.07) is 7.58. The number of benzene rings is 1. The molecule has 1 aromatic carbocycles. The van der Waals surface area contributed by atoms with E-state index in [9.17, 15) is 0 Å². The Hall–Kier alpha value is -0.380. The zero-order valence-electron chi connectivity index (χ0n) is 13.0. The Labute approximate surface area is 132 Å². The molecule has 0 aliphatic heterocycles. The molecular formula is C17H27BrN2. The first-order chi connectivity index (χ1) is 9.58. The molecule has 0 bridgehead atoms. The molecular weight excluding hydrogens is 312 g/mol. The molecule has 0 radical (unpaired) electrons. The van der Waals surface area contributed by atoms with E-state index in [1.54, 1.807) is 0 Å². The minimum Gasteiger partial charge on any atom is -0.310 e. The molecule has 1 N–H and O–H groups in total. The van der Waals surface area contributed by atoms with Crippen molar-refractivity contribution < 1.29 is 0 Å². The molecule has 2 rings (SSSR count). The normalized spacial score (nSPS) is 15.3. The van der Waals surface area contributed by atoms with Gasteiger partial charge in [0.15, 0.2) is 0 Å². The van der Waals surface area contributed by atoms with Crippen LogP contribution in [-0.4, -0.2) is 24.0 Å². The van der Waals surface area contributed by atoms with Crippen LogP contribution in [0.4, 0.5) is 0 Å². The second-order valence-electron chi connectivity index (χ2n) is 6.30. The number of hydrogen-bond acceptors (Lipinski definition) is 2. The summed E-state index contributed by atoms with van der Waals surface area (Å²) in [5.41, 5.74) is 2.77. The van der Waals surface area contributed by atoms with Gasteiger partial charge in [-0.2, -0.15) is 0 Å². The van der Waals surface area contributed by atoms with E-state index in [4.69, 9.17) is 0 Å². The van der Waals surface area contributed by atoms with Crippen molar-refractivity contribution in [3.63, 3.8) is 0 Å². The van der Waals surface area contributed by atoms with Crippen LogP contribution in [0, 0.1) is 5.92 Å². The van der Waals surface area contributed by atoms with Crippen molar-refractivity contribution in [2.24, 2.45) is 5.92 Å². The van der Waals surface area contributed by atoms with Crippen LogP contribution in [0.25, 0.3) is 0 Å². The smallest absolute Gasteiger partial charge is 0.0244 e. The van der Waals surface area contributed by atoms with Crippen LogP contribution >= 0.6 is 15.9 Å². The largest absolute Gasteiger partial charge is 0.310 e. The highest BCUT2D eigenvalue weighted by atomic mass is 79.9. The summed E-state index contributed by atoms with van der Waals surface area (Å²) in [4.78, 5) is 2.51. The number of halogens is 1. The Morgan fingerprint density at radius 1 is 1.35 bits per heavy atom. The number of nitrogens with zero attached hydrogens (tertiary/aromatic N) is 1. The summed E-state index contributed by atoms with van der Waals surface area (Å²) in [6.07, 6.45) is 2.69. The predicted molar refractivity (Wildman–Crippen MR) is 89.8 cm³/mol. The molecule has 0 atom stereocenters. The van der Waals surface area contributed by atoms with Crippen LogP contribution in [0.5, 0.6) is 0 Å². The highest BCUT2D eigenvalue weighted by molar-refractivity contribution is 9.10. The molecule has 20 heavy (non-hydrogen) atoms. The Morgan fingerprint density at radius 2 is 2.10 bits per heavy atom. The fraction of sp³-hybridized carbons (Fsp3) is 0.647. The van der Waals surface area contributed by atoms with Crippen LogP contribution in [0.2, 0.25) is 0 Å². The van der Waals surface area contributed by atoms with Gasteiger partial charge < -0.3 is 5.32 Å². The first-order valence-electron chi connectivity index (χ1n) is 7.81. The molecule has 2 nitrogen and oxygen atoms in total. The van der Waals surface area contributed by atoms with E-state index in [1.807, 2.05) is 0 Å². The lowest BCUT2D eigenvalue weighted by molar-refractivity contribution is 0.248. The van der Waals surface area contributed by atoms with E-state index in [2.05, 4.69) is 65.1 Å². The standard InChI is InChI=1S/C17H27BrN2/c1-4-20(11-13(2)3)12-15-6-5-14(9-17(15)18)10-19-16-7-8-16/h5-6,9,13,16,19H,4,7-8,10-12H2,1-3H3. The molecule has 0 heterocycles. The van der Waals surface area contributed by atoms with Crippen LogP contribution < -0.4 is 5.32 Å². The van der Waals surface area contributed by atoms with Gasteiger partial charge in [-0.3, -0.25) is 4.90 Å². The molecule has 3 heteroatoms. The Bertz CT molecular complexity index is 427. The zero-order chi connectivity index (χ0) is 14.5. The van der Waals surface area contributed by atoms with Crippen LogP contribution in [0.1, 0.15) is 44.7 Å². The molecule has 1 fully saturated rings. The lowest BCUT2D eigenvalue weighted by atomic mass is 10.1. The lowest BCUT2D eigenvalue weighted by Crippen LogP contribution is -2.27. The summed E-state index contributed by atoms with van der Waals surface area (Å²) in [5.74, 6) is 0.718. The van der Waals surface area contributed by atoms with Gasteiger partial charge in [-0.1, -0.05) is 48.8 Å². The van der Waals surface area contributed by atoms with Gasteiger partial charge in [0, 0.05) is 30.1 Å². The third kappa shape index (κ3) is 5.19. The average Bonchev–Trinajstić information content (AvgIpc) is 3.21. The highest BCUT2D eigenvalue weighted by Gasteiger charge is 2.20. The SMILES string of the molecule is CCN(Cc1ccc(CNC2CC2)cc1Br)CC(C)C. The highest BCUT2D eigenvalue weighted by Crippen LogP contribution is 2.23. The van der Waals surface area contributed by atoms with E-state index in [0.29, 0.717) is 0 Å². The third-order valence-electron chi connectivity index (χ3n) is 3.75. The maximum atomic E-state index is 3.74. The van der Waals surface area contributed by atoms with E-state index in [0.717, 1.165) is 38.1 Å². The zero-order valence-corrected chi connectivity index (χ0v) is 14.5. The summed E-state index contributed by atoms with van der Waals surface area (Å²) < 4.78 is 1.25. The first kappa shape index (κ1) is 16.0. The second kappa shape index (κ2) is 7.58. The molecule has 0 unspecified atom stereocenters. The van der Waals surface area contributed by atoms with Crippen molar-refractivity contribution in [3.05, 3.63) is 33.8 Å². The second-order valence-corrected chi connectivity index (χ2v) is 7.16. The van der Waals surface area contributed by atoms with Gasteiger partial charge in [-0.15, -0.1) is 0 Å². The van der Waals surface area contributed by atoms with Crippen molar-refractivity contribution in [1.82, 2.24) is 10.2 Å². The molecule has 1 saturated carbocycles. The minimum absolute atomic E-state index is 0.718. The van der Waals surface area contributed by atoms with Gasteiger partial charge in [-0.05, 0) is 42.5 Å².